The summed E-state index contributed by atoms with van der Waals surface area (Å²) in [5.74, 6) is 0.160. The van der Waals surface area contributed by atoms with E-state index < -0.39 is 26.8 Å². The summed E-state index contributed by atoms with van der Waals surface area (Å²) >= 11 is 0. The zero-order valence-corrected chi connectivity index (χ0v) is 22.6. The fraction of sp³-hybridized carbons (Fsp3) is 0.345. The number of amides is 1. The van der Waals surface area contributed by atoms with Gasteiger partial charge in [0.2, 0.25) is 5.91 Å². The van der Waals surface area contributed by atoms with Crippen molar-refractivity contribution in [1.82, 2.24) is 4.90 Å². The molecule has 0 saturated heterocycles. The van der Waals surface area contributed by atoms with Crippen LogP contribution in [0.15, 0.2) is 77.7 Å². The minimum atomic E-state index is -4.71. The summed E-state index contributed by atoms with van der Waals surface area (Å²) in [6.45, 7) is 4.72. The zero-order chi connectivity index (χ0) is 28.4. The Bertz CT molecular complexity index is 1420. The molecule has 0 bridgehead atoms. The summed E-state index contributed by atoms with van der Waals surface area (Å²) in [4.78, 5) is 14.6. The molecule has 10 heteroatoms. The number of alkyl halides is 3. The van der Waals surface area contributed by atoms with Crippen LogP contribution in [-0.4, -0.2) is 32.9 Å². The minimum absolute atomic E-state index is 0.0208. The van der Waals surface area contributed by atoms with E-state index in [-0.39, 0.29) is 41.7 Å². The van der Waals surface area contributed by atoms with Crippen molar-refractivity contribution in [1.29, 1.82) is 0 Å². The molecule has 1 aliphatic carbocycles. The number of halogens is 3. The Balaban J connectivity index is 1.56. The van der Waals surface area contributed by atoms with Crippen LogP contribution in [0.1, 0.15) is 42.9 Å². The van der Waals surface area contributed by atoms with Gasteiger partial charge in [-0.15, -0.1) is 0 Å². The number of carbonyl (C=O) groups is 1. The highest BCUT2D eigenvalue weighted by molar-refractivity contribution is 7.87. The van der Waals surface area contributed by atoms with Crippen LogP contribution in [0.25, 0.3) is 0 Å². The third-order valence-electron chi connectivity index (χ3n) is 6.48. The molecule has 2 atom stereocenters. The molecule has 6 nitrogen and oxygen atoms in total. The second-order valence-corrected chi connectivity index (χ2v) is 11.6. The maximum absolute atomic E-state index is 13.4. The first-order valence-corrected chi connectivity index (χ1v) is 13.9. The second-order valence-electron chi connectivity index (χ2n) is 10.0. The van der Waals surface area contributed by atoms with Crippen molar-refractivity contribution in [2.24, 2.45) is 11.8 Å². The highest BCUT2D eigenvalue weighted by Crippen LogP contribution is 2.48. The molecule has 0 aromatic heterocycles. The molecule has 4 rings (SSSR count). The Morgan fingerprint density at radius 3 is 2.36 bits per heavy atom. The van der Waals surface area contributed by atoms with E-state index in [1.54, 1.807) is 11.0 Å². The van der Waals surface area contributed by atoms with E-state index in [0.29, 0.717) is 18.2 Å². The quantitative estimate of drug-likeness (QED) is 0.273. The number of rotatable bonds is 10. The van der Waals surface area contributed by atoms with Gasteiger partial charge < -0.3 is 13.8 Å². The molecule has 0 aliphatic heterocycles. The lowest BCUT2D eigenvalue weighted by atomic mass is 10.1. The van der Waals surface area contributed by atoms with E-state index in [4.69, 9.17) is 8.92 Å². The molecule has 0 unspecified atom stereocenters. The molecule has 1 aliphatic rings. The first-order chi connectivity index (χ1) is 18.4. The number of nitrogens with zero attached hydrogens (tertiary/aromatic N) is 1. The van der Waals surface area contributed by atoms with Gasteiger partial charge >= 0.3 is 16.3 Å². The van der Waals surface area contributed by atoms with E-state index in [2.05, 4.69) is 0 Å². The third-order valence-corrected chi connectivity index (χ3v) is 7.71. The van der Waals surface area contributed by atoms with Crippen LogP contribution in [0.4, 0.5) is 13.2 Å². The summed E-state index contributed by atoms with van der Waals surface area (Å²) in [7, 11) is -3.29. The lowest BCUT2D eigenvalue weighted by Crippen LogP contribution is -2.35. The van der Waals surface area contributed by atoms with Gasteiger partial charge in [-0.3, -0.25) is 4.79 Å². The molecular weight excluding hydrogens is 531 g/mol. The fourth-order valence-corrected chi connectivity index (χ4v) is 5.52. The SMILES string of the molecule is COc1ccc(CN(CC(C)C)C(=O)[C@H]2C[C@H]2c2ccccc2)cc1OS(=O)(=O)c1cccc(C(F)(F)F)c1. The second kappa shape index (κ2) is 11.3. The molecule has 3 aromatic rings. The molecule has 0 heterocycles. The van der Waals surface area contributed by atoms with Crippen LogP contribution in [0.2, 0.25) is 0 Å². The Morgan fingerprint density at radius 1 is 1.00 bits per heavy atom. The van der Waals surface area contributed by atoms with Crippen molar-refractivity contribution >= 4 is 16.0 Å². The van der Waals surface area contributed by atoms with Crippen molar-refractivity contribution in [3.05, 3.63) is 89.5 Å². The van der Waals surface area contributed by atoms with Gasteiger partial charge in [-0.05, 0) is 59.7 Å². The average molecular weight is 562 g/mol. The molecule has 39 heavy (non-hydrogen) atoms. The molecule has 1 amide bonds. The summed E-state index contributed by atoms with van der Waals surface area (Å²) in [6.07, 6.45) is -3.94. The fourth-order valence-electron chi connectivity index (χ4n) is 4.54. The minimum Gasteiger partial charge on any atom is -0.493 e. The van der Waals surface area contributed by atoms with Crippen molar-refractivity contribution in [3.63, 3.8) is 0 Å². The molecule has 0 N–H and O–H groups in total. The van der Waals surface area contributed by atoms with Crippen molar-refractivity contribution in [2.45, 2.75) is 43.8 Å². The summed E-state index contributed by atoms with van der Waals surface area (Å²) < 4.78 is 75.7. The molecule has 3 aromatic carbocycles. The topological polar surface area (TPSA) is 72.9 Å². The maximum Gasteiger partial charge on any atom is 0.416 e. The largest absolute Gasteiger partial charge is 0.493 e. The number of benzene rings is 3. The van der Waals surface area contributed by atoms with Gasteiger partial charge in [-0.1, -0.05) is 56.3 Å². The predicted octanol–water partition coefficient (Wildman–Crippen LogP) is 6.27. The van der Waals surface area contributed by atoms with Crippen LogP contribution in [-0.2, 0) is 27.6 Å². The van der Waals surface area contributed by atoms with E-state index in [1.807, 2.05) is 44.2 Å². The number of hydrogen-bond acceptors (Lipinski definition) is 5. The predicted molar refractivity (Wildman–Crippen MR) is 140 cm³/mol. The molecular formula is C29H30F3NO5S. The van der Waals surface area contributed by atoms with Gasteiger partial charge in [0, 0.05) is 19.0 Å². The third kappa shape index (κ3) is 6.92. The average Bonchev–Trinajstić information content (AvgIpc) is 3.69. The van der Waals surface area contributed by atoms with Crippen LogP contribution in [0.3, 0.4) is 0 Å². The van der Waals surface area contributed by atoms with Crippen LogP contribution in [0, 0.1) is 11.8 Å². The Morgan fingerprint density at radius 2 is 1.72 bits per heavy atom. The Hall–Kier alpha value is -3.53. The monoisotopic (exact) mass is 561 g/mol. The van der Waals surface area contributed by atoms with E-state index in [0.717, 1.165) is 30.2 Å². The summed E-state index contributed by atoms with van der Waals surface area (Å²) in [5.41, 5.74) is 0.612. The first kappa shape index (κ1) is 28.5. The Labute approximate surface area is 226 Å². The van der Waals surface area contributed by atoms with Gasteiger partial charge in [0.15, 0.2) is 11.5 Å². The van der Waals surface area contributed by atoms with Gasteiger partial charge in [-0.2, -0.15) is 21.6 Å². The summed E-state index contributed by atoms with van der Waals surface area (Å²) in [5, 5.41) is 0. The Kier molecular flexibility index (Phi) is 8.25. The van der Waals surface area contributed by atoms with E-state index in [9.17, 15) is 26.4 Å². The standard InChI is InChI=1S/C29H30F3NO5S/c1-19(2)17-33(28(34)25-16-24(25)21-8-5-4-6-9-21)18-20-12-13-26(37-3)27(14-20)38-39(35,36)23-11-7-10-22(15-23)29(30,31)32/h4-15,19,24-25H,16-18H2,1-3H3/t24-,25-/m0/s1. The van der Waals surface area contributed by atoms with Crippen LogP contribution in [0.5, 0.6) is 11.5 Å². The maximum atomic E-state index is 13.4. The van der Waals surface area contributed by atoms with Gasteiger partial charge in [-0.25, -0.2) is 0 Å². The highest BCUT2D eigenvalue weighted by atomic mass is 32.2. The zero-order valence-electron chi connectivity index (χ0n) is 21.8. The summed E-state index contributed by atoms with van der Waals surface area (Å²) in [6, 6.07) is 17.9. The number of methoxy groups -OCH3 is 1. The van der Waals surface area contributed by atoms with Gasteiger partial charge in [0.1, 0.15) is 4.90 Å². The lowest BCUT2D eigenvalue weighted by molar-refractivity contribution is -0.137. The van der Waals surface area contributed by atoms with Crippen molar-refractivity contribution < 1.29 is 35.3 Å². The molecule has 0 radical (unpaired) electrons. The number of carbonyl (C=O) groups excluding carboxylic acids is 1. The van der Waals surface area contributed by atoms with Crippen molar-refractivity contribution in [3.8, 4) is 11.5 Å². The molecule has 1 saturated carbocycles. The first-order valence-electron chi connectivity index (χ1n) is 12.5. The number of ether oxygens (including phenoxy) is 1. The van der Waals surface area contributed by atoms with Crippen LogP contribution < -0.4 is 8.92 Å². The van der Waals surface area contributed by atoms with Crippen molar-refractivity contribution in [2.75, 3.05) is 13.7 Å². The molecule has 1 fully saturated rings. The van der Waals surface area contributed by atoms with Gasteiger partial charge in [0.25, 0.3) is 0 Å². The normalized spacial score (nSPS) is 17.1. The highest BCUT2D eigenvalue weighted by Gasteiger charge is 2.45. The smallest absolute Gasteiger partial charge is 0.416 e. The molecule has 0 spiro atoms. The number of hydrogen-bond donors (Lipinski definition) is 0. The van der Waals surface area contributed by atoms with E-state index in [1.165, 1.54) is 19.2 Å². The lowest BCUT2D eigenvalue weighted by Gasteiger charge is -2.25. The van der Waals surface area contributed by atoms with Crippen LogP contribution >= 0.6 is 0 Å². The molecule has 208 valence electrons. The van der Waals surface area contributed by atoms with E-state index >= 15 is 0 Å². The van der Waals surface area contributed by atoms with Gasteiger partial charge in [0.05, 0.1) is 12.7 Å².